The molecule has 0 fully saturated rings. The summed E-state index contributed by atoms with van der Waals surface area (Å²) in [6.45, 7) is 11.6. The van der Waals surface area contributed by atoms with Gasteiger partial charge in [-0.05, 0) is 53.7 Å². The third-order valence-corrected chi connectivity index (χ3v) is 6.13. The first kappa shape index (κ1) is 22.7. The topological polar surface area (TPSA) is 97.9 Å². The second-order valence-electron chi connectivity index (χ2n) is 7.83. The Kier molecular flexibility index (Phi) is 6.59. The van der Waals surface area contributed by atoms with E-state index in [1.54, 1.807) is 16.4 Å². The van der Waals surface area contributed by atoms with Crippen molar-refractivity contribution in [3.63, 3.8) is 0 Å². The van der Waals surface area contributed by atoms with Crippen molar-refractivity contribution in [1.29, 1.82) is 0 Å². The Balaban J connectivity index is 1.61. The fraction of sp³-hybridized carbons (Fsp3) is 0.476. The maximum absolute atomic E-state index is 12.9. The molecule has 0 saturated carbocycles. The Hall–Kier alpha value is -3.01. The Morgan fingerprint density at radius 1 is 1.03 bits per heavy atom. The van der Waals surface area contributed by atoms with Crippen molar-refractivity contribution in [2.45, 2.75) is 60.2 Å². The van der Waals surface area contributed by atoms with Crippen molar-refractivity contribution in [3.8, 4) is 0 Å². The highest BCUT2D eigenvalue weighted by atomic mass is 32.1. The van der Waals surface area contributed by atoms with E-state index in [2.05, 4.69) is 20.5 Å². The molecular weight excluding hydrogens is 414 g/mol. The number of thiazole rings is 1. The van der Waals surface area contributed by atoms with Crippen LogP contribution in [0.25, 0.3) is 0 Å². The van der Waals surface area contributed by atoms with Gasteiger partial charge in [-0.2, -0.15) is 10.2 Å². The zero-order chi connectivity index (χ0) is 22.9. The first-order chi connectivity index (χ1) is 14.6. The van der Waals surface area contributed by atoms with Gasteiger partial charge in [0, 0.05) is 23.8 Å². The molecule has 3 heterocycles. The molecule has 0 spiro atoms. The Morgan fingerprint density at radius 3 is 2.10 bits per heavy atom. The molecule has 0 bridgehead atoms. The van der Waals surface area contributed by atoms with Gasteiger partial charge in [0.1, 0.15) is 12.1 Å². The zero-order valence-electron chi connectivity index (χ0n) is 19.0. The lowest BCUT2D eigenvalue weighted by atomic mass is 10.3. The van der Waals surface area contributed by atoms with Gasteiger partial charge in [-0.25, -0.2) is 4.98 Å². The first-order valence-electron chi connectivity index (χ1n) is 10.1. The molecule has 0 aliphatic carbocycles. The predicted octanol–water partition coefficient (Wildman–Crippen LogP) is 2.87. The molecule has 9 nitrogen and oxygen atoms in total. The summed E-state index contributed by atoms with van der Waals surface area (Å²) in [6, 6.07) is 3.03. The minimum absolute atomic E-state index is 0.103. The number of rotatable bonds is 7. The van der Waals surface area contributed by atoms with E-state index in [9.17, 15) is 9.59 Å². The van der Waals surface area contributed by atoms with Crippen LogP contribution in [0.4, 0.5) is 5.13 Å². The van der Waals surface area contributed by atoms with Crippen LogP contribution >= 0.6 is 11.3 Å². The summed E-state index contributed by atoms with van der Waals surface area (Å²) in [5, 5.41) is 14.1. The van der Waals surface area contributed by atoms with Crippen molar-refractivity contribution in [1.82, 2.24) is 29.9 Å². The van der Waals surface area contributed by atoms with Crippen LogP contribution in [0.5, 0.6) is 0 Å². The number of hydrogen-bond acceptors (Lipinski definition) is 6. The maximum atomic E-state index is 12.9. The number of carbonyl (C=O) groups is 2. The number of hydrogen-bond donors (Lipinski definition) is 1. The van der Waals surface area contributed by atoms with E-state index in [1.165, 1.54) is 16.2 Å². The van der Waals surface area contributed by atoms with Crippen molar-refractivity contribution in [2.75, 3.05) is 11.9 Å². The van der Waals surface area contributed by atoms with E-state index in [0.29, 0.717) is 10.8 Å². The summed E-state index contributed by atoms with van der Waals surface area (Å²) in [5.74, 6) is -0.238. The number of amides is 2. The third kappa shape index (κ3) is 4.84. The van der Waals surface area contributed by atoms with Crippen molar-refractivity contribution in [3.05, 3.63) is 46.0 Å². The van der Waals surface area contributed by atoms with Crippen LogP contribution in [0.15, 0.2) is 17.5 Å². The molecule has 2 atom stereocenters. The van der Waals surface area contributed by atoms with E-state index in [-0.39, 0.29) is 18.4 Å². The molecule has 0 aliphatic heterocycles. The summed E-state index contributed by atoms with van der Waals surface area (Å²) in [7, 11) is 1.70. The molecule has 2 unspecified atom stereocenters. The largest absolute Gasteiger partial charge is 0.349 e. The van der Waals surface area contributed by atoms with Gasteiger partial charge in [0.2, 0.25) is 5.91 Å². The minimum Gasteiger partial charge on any atom is -0.349 e. The number of carbonyl (C=O) groups excluding carboxylic acids is 2. The smallest absolute Gasteiger partial charge is 0.253 e. The zero-order valence-corrected chi connectivity index (χ0v) is 19.8. The van der Waals surface area contributed by atoms with Gasteiger partial charge in [0.05, 0.1) is 23.6 Å². The number of nitrogens with one attached hydrogen (secondary N) is 1. The van der Waals surface area contributed by atoms with Crippen LogP contribution in [0, 0.1) is 27.7 Å². The lowest BCUT2D eigenvalue weighted by Gasteiger charge is -2.20. The molecule has 166 valence electrons. The SMILES string of the molecule is Cc1cc(C)n(C(C)C(=O)NCc2csc(N(C)C(=O)C(C)n3nc(C)cc3C)n2)n1. The van der Waals surface area contributed by atoms with Gasteiger partial charge in [-0.3, -0.25) is 23.9 Å². The van der Waals surface area contributed by atoms with Crippen molar-refractivity contribution < 1.29 is 9.59 Å². The Morgan fingerprint density at radius 2 is 1.58 bits per heavy atom. The third-order valence-electron chi connectivity index (χ3n) is 5.16. The van der Waals surface area contributed by atoms with E-state index in [0.717, 1.165) is 22.8 Å². The normalized spacial score (nSPS) is 13.1. The van der Waals surface area contributed by atoms with E-state index in [4.69, 9.17) is 0 Å². The highest BCUT2D eigenvalue weighted by Crippen LogP contribution is 2.23. The average Bonchev–Trinajstić information content (AvgIpc) is 3.42. The number of aryl methyl sites for hydroxylation is 4. The van der Waals surface area contributed by atoms with Gasteiger partial charge in [0.25, 0.3) is 5.91 Å². The maximum Gasteiger partial charge on any atom is 0.253 e. The summed E-state index contributed by atoms with van der Waals surface area (Å²) in [4.78, 5) is 31.5. The molecule has 0 radical (unpaired) electrons. The standard InChI is InChI=1S/C21H29N7O2S/c1-12-8-14(3)27(24-12)16(5)19(29)22-10-18-11-31-21(23-18)26(7)20(30)17(6)28-15(4)9-13(2)25-28/h8-9,11,16-17H,10H2,1-7H3,(H,22,29). The van der Waals surface area contributed by atoms with Crippen molar-refractivity contribution >= 4 is 28.3 Å². The highest BCUT2D eigenvalue weighted by molar-refractivity contribution is 7.14. The summed E-state index contributed by atoms with van der Waals surface area (Å²) in [6.07, 6.45) is 0. The van der Waals surface area contributed by atoms with Crippen LogP contribution in [-0.2, 0) is 16.1 Å². The second kappa shape index (κ2) is 9.01. The van der Waals surface area contributed by atoms with E-state index in [1.807, 2.05) is 59.1 Å². The number of likely N-dealkylation sites (N-methyl/N-ethyl adjacent to an activating group) is 1. The minimum atomic E-state index is -0.438. The molecule has 0 saturated heterocycles. The molecule has 3 aromatic rings. The molecular formula is C21H29N7O2S. The van der Waals surface area contributed by atoms with Gasteiger partial charge < -0.3 is 5.32 Å². The monoisotopic (exact) mass is 443 g/mol. The molecule has 31 heavy (non-hydrogen) atoms. The van der Waals surface area contributed by atoms with Gasteiger partial charge >= 0.3 is 0 Å². The number of nitrogens with zero attached hydrogens (tertiary/aromatic N) is 6. The fourth-order valence-electron chi connectivity index (χ4n) is 3.52. The lowest BCUT2D eigenvalue weighted by Crippen LogP contribution is -2.34. The van der Waals surface area contributed by atoms with E-state index < -0.39 is 12.1 Å². The molecule has 0 aromatic carbocycles. The molecule has 2 amide bonds. The Bertz CT molecular complexity index is 1100. The molecule has 3 aromatic heterocycles. The summed E-state index contributed by atoms with van der Waals surface area (Å²) >= 11 is 1.37. The van der Waals surface area contributed by atoms with Gasteiger partial charge in [-0.1, -0.05) is 0 Å². The van der Waals surface area contributed by atoms with Crippen LogP contribution in [0.3, 0.4) is 0 Å². The van der Waals surface area contributed by atoms with Gasteiger partial charge in [-0.15, -0.1) is 11.3 Å². The summed E-state index contributed by atoms with van der Waals surface area (Å²) in [5.41, 5.74) is 4.33. The number of aromatic nitrogens is 5. The van der Waals surface area contributed by atoms with Crippen LogP contribution in [-0.4, -0.2) is 43.4 Å². The first-order valence-corrected chi connectivity index (χ1v) is 11.0. The molecule has 1 N–H and O–H groups in total. The Labute approximate surface area is 186 Å². The molecule has 3 rings (SSSR count). The molecule has 0 aliphatic rings. The van der Waals surface area contributed by atoms with E-state index >= 15 is 0 Å². The second-order valence-corrected chi connectivity index (χ2v) is 8.67. The predicted molar refractivity (Wildman–Crippen MR) is 120 cm³/mol. The van der Waals surface area contributed by atoms with Crippen LogP contribution in [0.1, 0.15) is 54.4 Å². The average molecular weight is 444 g/mol. The number of anilines is 1. The lowest BCUT2D eigenvalue weighted by molar-refractivity contribution is -0.124. The van der Waals surface area contributed by atoms with Crippen LogP contribution in [0.2, 0.25) is 0 Å². The van der Waals surface area contributed by atoms with Gasteiger partial charge in [0.15, 0.2) is 5.13 Å². The fourth-order valence-corrected chi connectivity index (χ4v) is 4.32. The molecule has 10 heteroatoms. The highest BCUT2D eigenvalue weighted by Gasteiger charge is 2.24. The quantitative estimate of drug-likeness (QED) is 0.605. The van der Waals surface area contributed by atoms with Crippen LogP contribution < -0.4 is 10.2 Å². The summed E-state index contributed by atoms with van der Waals surface area (Å²) < 4.78 is 3.44. The van der Waals surface area contributed by atoms with Crippen molar-refractivity contribution in [2.24, 2.45) is 0 Å².